The van der Waals surface area contributed by atoms with E-state index < -0.39 is 5.82 Å². The summed E-state index contributed by atoms with van der Waals surface area (Å²) in [4.78, 5) is 35.0. The number of fused-ring (bicyclic) bond motifs is 1. The normalized spacial score (nSPS) is 14.6. The molecule has 0 bridgehead atoms. The summed E-state index contributed by atoms with van der Waals surface area (Å²) in [5, 5.41) is 0.895. The smallest absolute Gasteiger partial charge is 0.270 e. The van der Waals surface area contributed by atoms with Crippen molar-refractivity contribution < 1.29 is 14.0 Å². The van der Waals surface area contributed by atoms with Crippen LogP contribution in [0.4, 0.5) is 10.1 Å². The van der Waals surface area contributed by atoms with Gasteiger partial charge in [0, 0.05) is 43.3 Å². The number of hydrogen-bond acceptors (Lipinski definition) is 4. The topological polar surface area (TPSA) is 69.3 Å². The van der Waals surface area contributed by atoms with E-state index in [0.29, 0.717) is 48.8 Å². The zero-order chi connectivity index (χ0) is 19.0. The van der Waals surface area contributed by atoms with E-state index >= 15 is 0 Å². The van der Waals surface area contributed by atoms with Crippen LogP contribution in [-0.4, -0.2) is 52.7 Å². The molecular formula is C20H19FN4O2. The lowest BCUT2D eigenvalue weighted by Gasteiger charge is -2.36. The number of aromatic amines is 1. The minimum absolute atomic E-state index is 0.0833. The molecule has 1 saturated heterocycles. The van der Waals surface area contributed by atoms with Crippen molar-refractivity contribution in [2.45, 2.75) is 6.92 Å². The van der Waals surface area contributed by atoms with Gasteiger partial charge < -0.3 is 14.8 Å². The first kappa shape index (κ1) is 17.2. The van der Waals surface area contributed by atoms with Crippen molar-refractivity contribution in [1.82, 2.24) is 14.9 Å². The first-order valence-electron chi connectivity index (χ1n) is 8.81. The maximum Gasteiger partial charge on any atom is 0.270 e. The van der Waals surface area contributed by atoms with Gasteiger partial charge in [-0.15, -0.1) is 0 Å². The number of Topliss-reactive ketones (excluding diaryl/α,β-unsaturated/α-hetero) is 1. The van der Waals surface area contributed by atoms with Crippen molar-refractivity contribution in [2.24, 2.45) is 0 Å². The number of nitrogens with one attached hydrogen (secondary N) is 1. The van der Waals surface area contributed by atoms with Crippen molar-refractivity contribution in [3.8, 4) is 0 Å². The third-order valence-electron chi connectivity index (χ3n) is 4.88. The third kappa shape index (κ3) is 3.28. The van der Waals surface area contributed by atoms with Crippen LogP contribution in [0.3, 0.4) is 0 Å². The highest BCUT2D eigenvalue weighted by Crippen LogP contribution is 2.23. The van der Waals surface area contributed by atoms with Crippen LogP contribution in [0, 0.1) is 5.82 Å². The van der Waals surface area contributed by atoms with Gasteiger partial charge >= 0.3 is 0 Å². The van der Waals surface area contributed by atoms with Gasteiger partial charge in [-0.05, 0) is 43.3 Å². The summed E-state index contributed by atoms with van der Waals surface area (Å²) in [6, 6.07) is 10.1. The number of piperazine rings is 1. The molecule has 1 aliphatic heterocycles. The fourth-order valence-corrected chi connectivity index (χ4v) is 3.38. The molecule has 1 amide bonds. The van der Waals surface area contributed by atoms with E-state index in [0.717, 1.165) is 5.39 Å². The number of nitrogens with zero attached hydrogens (tertiary/aromatic N) is 3. The molecule has 6 nitrogen and oxygen atoms in total. The lowest BCUT2D eigenvalue weighted by molar-refractivity contribution is 0.0741. The molecule has 0 radical (unpaired) electrons. The van der Waals surface area contributed by atoms with E-state index in [2.05, 4.69) is 9.97 Å². The number of carbonyl (C=O) groups excluding carboxylic acids is 2. The fourth-order valence-electron chi connectivity index (χ4n) is 3.38. The van der Waals surface area contributed by atoms with Gasteiger partial charge in [0.15, 0.2) is 5.78 Å². The monoisotopic (exact) mass is 366 g/mol. The Kier molecular flexibility index (Phi) is 4.35. The fraction of sp³-hybridized carbons (Fsp3) is 0.250. The van der Waals surface area contributed by atoms with Gasteiger partial charge in [0.05, 0.1) is 5.69 Å². The van der Waals surface area contributed by atoms with Crippen LogP contribution in [0.2, 0.25) is 0 Å². The molecule has 3 aromatic rings. The van der Waals surface area contributed by atoms with Gasteiger partial charge in [-0.3, -0.25) is 9.59 Å². The van der Waals surface area contributed by atoms with E-state index in [1.165, 1.54) is 13.0 Å². The molecule has 1 fully saturated rings. The van der Waals surface area contributed by atoms with Crippen LogP contribution in [-0.2, 0) is 0 Å². The highest BCUT2D eigenvalue weighted by Gasteiger charge is 2.25. The van der Waals surface area contributed by atoms with Crippen molar-refractivity contribution in [3.63, 3.8) is 0 Å². The number of H-pyrrole nitrogens is 1. The number of benzene rings is 1. The summed E-state index contributed by atoms with van der Waals surface area (Å²) in [5.74, 6) is -0.659. The number of rotatable bonds is 3. The molecule has 1 aromatic carbocycles. The predicted octanol–water partition coefficient (Wildman–Crippen LogP) is 2.87. The second-order valence-electron chi connectivity index (χ2n) is 6.63. The molecule has 3 heterocycles. The molecule has 1 N–H and O–H groups in total. The first-order chi connectivity index (χ1) is 13.0. The van der Waals surface area contributed by atoms with Gasteiger partial charge in [0.2, 0.25) is 0 Å². The number of anilines is 1. The number of ketones is 1. The summed E-state index contributed by atoms with van der Waals surface area (Å²) in [5.41, 5.74) is 2.01. The molecule has 2 aromatic heterocycles. The summed E-state index contributed by atoms with van der Waals surface area (Å²) in [7, 11) is 0. The van der Waals surface area contributed by atoms with Crippen LogP contribution >= 0.6 is 0 Å². The lowest BCUT2D eigenvalue weighted by Crippen LogP contribution is -2.49. The Morgan fingerprint density at radius 2 is 1.89 bits per heavy atom. The quantitative estimate of drug-likeness (QED) is 0.724. The van der Waals surface area contributed by atoms with E-state index in [4.69, 9.17) is 0 Å². The van der Waals surface area contributed by atoms with Crippen molar-refractivity contribution in [1.29, 1.82) is 0 Å². The van der Waals surface area contributed by atoms with Crippen molar-refractivity contribution >= 4 is 28.4 Å². The van der Waals surface area contributed by atoms with Gasteiger partial charge in [-0.1, -0.05) is 0 Å². The van der Waals surface area contributed by atoms with Crippen molar-refractivity contribution in [3.05, 3.63) is 59.7 Å². The van der Waals surface area contributed by atoms with E-state index in [9.17, 15) is 14.0 Å². The molecule has 7 heteroatoms. The summed E-state index contributed by atoms with van der Waals surface area (Å²) in [6.45, 7) is 3.46. The molecule has 0 spiro atoms. The highest BCUT2D eigenvalue weighted by molar-refractivity contribution is 5.97. The van der Waals surface area contributed by atoms with Gasteiger partial charge in [0.1, 0.15) is 17.2 Å². The van der Waals surface area contributed by atoms with Crippen LogP contribution in [0.15, 0.2) is 42.6 Å². The maximum atomic E-state index is 14.3. The average Bonchev–Trinajstić information content (AvgIpc) is 3.11. The minimum Gasteiger partial charge on any atom is -0.366 e. The Bertz CT molecular complexity index is 989. The van der Waals surface area contributed by atoms with Crippen molar-refractivity contribution in [2.75, 3.05) is 31.1 Å². The Hall–Kier alpha value is -3.22. The summed E-state index contributed by atoms with van der Waals surface area (Å²) in [6.07, 6.45) is 1.68. The molecule has 138 valence electrons. The second-order valence-corrected chi connectivity index (χ2v) is 6.63. The SMILES string of the molecule is CC(=O)c1ccc(N2CCN(C(=O)c3cc4cccnc4[nH]3)CC2)c(F)c1. The Morgan fingerprint density at radius 3 is 2.56 bits per heavy atom. The molecule has 0 saturated carbocycles. The molecular weight excluding hydrogens is 347 g/mol. The number of halogens is 1. The van der Waals surface area contributed by atoms with Crippen LogP contribution in [0.5, 0.6) is 0 Å². The van der Waals surface area contributed by atoms with E-state index in [1.54, 1.807) is 29.3 Å². The Balaban J connectivity index is 1.45. The van der Waals surface area contributed by atoms with Gasteiger partial charge in [-0.25, -0.2) is 9.37 Å². The molecule has 4 rings (SSSR count). The average molecular weight is 366 g/mol. The van der Waals surface area contributed by atoms with Gasteiger partial charge in [0.25, 0.3) is 5.91 Å². The van der Waals surface area contributed by atoms with Crippen LogP contribution < -0.4 is 4.90 Å². The largest absolute Gasteiger partial charge is 0.366 e. The highest BCUT2D eigenvalue weighted by atomic mass is 19.1. The number of aromatic nitrogens is 2. The number of amides is 1. The number of carbonyl (C=O) groups is 2. The zero-order valence-electron chi connectivity index (χ0n) is 14.9. The molecule has 27 heavy (non-hydrogen) atoms. The first-order valence-corrected chi connectivity index (χ1v) is 8.81. The zero-order valence-corrected chi connectivity index (χ0v) is 14.9. The number of hydrogen-bond donors (Lipinski definition) is 1. The molecule has 0 unspecified atom stereocenters. The molecule has 0 atom stereocenters. The summed E-state index contributed by atoms with van der Waals surface area (Å²) < 4.78 is 14.3. The van der Waals surface area contributed by atoms with Crippen LogP contribution in [0.1, 0.15) is 27.8 Å². The van der Waals surface area contributed by atoms with E-state index in [-0.39, 0.29) is 11.7 Å². The minimum atomic E-state index is -0.413. The predicted molar refractivity (Wildman–Crippen MR) is 101 cm³/mol. The van der Waals surface area contributed by atoms with E-state index in [1.807, 2.05) is 17.0 Å². The Morgan fingerprint density at radius 1 is 1.11 bits per heavy atom. The number of pyridine rings is 1. The van der Waals surface area contributed by atoms with Crippen LogP contribution in [0.25, 0.3) is 11.0 Å². The lowest BCUT2D eigenvalue weighted by atomic mass is 10.1. The summed E-state index contributed by atoms with van der Waals surface area (Å²) >= 11 is 0. The third-order valence-corrected chi connectivity index (χ3v) is 4.88. The maximum absolute atomic E-state index is 14.3. The molecule has 0 aliphatic carbocycles. The molecule has 1 aliphatic rings. The van der Waals surface area contributed by atoms with Gasteiger partial charge in [-0.2, -0.15) is 0 Å². The Labute approximate surface area is 155 Å². The standard InChI is InChI=1S/C20H19FN4O2/c1-13(26)14-4-5-18(16(21)11-14)24-7-9-25(10-8-24)20(27)17-12-15-3-2-6-22-19(15)23-17/h2-6,11-12H,7-10H2,1H3,(H,22,23). The second kappa shape index (κ2) is 6.83.